The zero-order valence-corrected chi connectivity index (χ0v) is 10.5. The highest BCUT2D eigenvalue weighted by atomic mass is 19.1. The SMILES string of the molecule is C=CCN(c1ccc(C#N)c(F)c1)C(C)(C)C. The van der Waals surface area contributed by atoms with Crippen LogP contribution in [0.4, 0.5) is 10.1 Å². The number of rotatable bonds is 3. The fraction of sp³-hybridized carbons (Fsp3) is 0.357. The van der Waals surface area contributed by atoms with Gasteiger partial charge in [0.2, 0.25) is 0 Å². The smallest absolute Gasteiger partial charge is 0.143 e. The van der Waals surface area contributed by atoms with Gasteiger partial charge in [0.1, 0.15) is 11.9 Å². The van der Waals surface area contributed by atoms with Gasteiger partial charge in [0.25, 0.3) is 0 Å². The zero-order valence-electron chi connectivity index (χ0n) is 10.5. The molecule has 0 amide bonds. The number of anilines is 1. The first kappa shape index (κ1) is 13.2. The van der Waals surface area contributed by atoms with Gasteiger partial charge >= 0.3 is 0 Å². The second kappa shape index (κ2) is 5.01. The molecule has 0 radical (unpaired) electrons. The molecule has 1 rings (SSSR count). The quantitative estimate of drug-likeness (QED) is 0.746. The van der Waals surface area contributed by atoms with E-state index in [2.05, 4.69) is 6.58 Å². The van der Waals surface area contributed by atoms with E-state index in [1.54, 1.807) is 12.1 Å². The number of hydrogen-bond donors (Lipinski definition) is 0. The third-order valence-electron chi connectivity index (χ3n) is 2.51. The molecule has 3 heteroatoms. The third kappa shape index (κ3) is 3.07. The molecule has 0 N–H and O–H groups in total. The summed E-state index contributed by atoms with van der Waals surface area (Å²) in [6, 6.07) is 6.48. The lowest BCUT2D eigenvalue weighted by atomic mass is 10.0. The molecular formula is C14H17FN2. The molecule has 1 aromatic rings. The van der Waals surface area contributed by atoms with E-state index in [1.807, 2.05) is 31.7 Å². The van der Waals surface area contributed by atoms with Crippen molar-refractivity contribution in [2.75, 3.05) is 11.4 Å². The summed E-state index contributed by atoms with van der Waals surface area (Å²) in [5.74, 6) is -0.483. The van der Waals surface area contributed by atoms with E-state index in [4.69, 9.17) is 5.26 Å². The van der Waals surface area contributed by atoms with Gasteiger partial charge in [-0.1, -0.05) is 6.08 Å². The molecule has 0 aliphatic carbocycles. The third-order valence-corrected chi connectivity index (χ3v) is 2.51. The van der Waals surface area contributed by atoms with E-state index in [1.165, 1.54) is 12.1 Å². The number of benzene rings is 1. The maximum atomic E-state index is 13.6. The fourth-order valence-electron chi connectivity index (χ4n) is 1.66. The Bertz CT molecular complexity index is 452. The van der Waals surface area contributed by atoms with Crippen molar-refractivity contribution in [1.82, 2.24) is 0 Å². The largest absolute Gasteiger partial charge is 0.363 e. The molecule has 0 saturated carbocycles. The lowest BCUT2D eigenvalue weighted by molar-refractivity contribution is 0.520. The van der Waals surface area contributed by atoms with Crippen LogP contribution in [0.5, 0.6) is 0 Å². The standard InChI is InChI=1S/C14H17FN2/c1-5-8-17(14(2,3)4)12-7-6-11(10-16)13(15)9-12/h5-7,9H,1,8H2,2-4H3. The van der Waals surface area contributed by atoms with Gasteiger partial charge in [-0.05, 0) is 39.0 Å². The minimum absolute atomic E-state index is 0.0706. The van der Waals surface area contributed by atoms with Gasteiger partial charge in [0.15, 0.2) is 0 Å². The summed E-state index contributed by atoms with van der Waals surface area (Å²) in [5.41, 5.74) is 0.699. The van der Waals surface area contributed by atoms with E-state index < -0.39 is 5.82 Å². The summed E-state index contributed by atoms with van der Waals surface area (Å²) >= 11 is 0. The summed E-state index contributed by atoms with van der Waals surface area (Å²) in [4.78, 5) is 2.03. The van der Waals surface area contributed by atoms with Crippen molar-refractivity contribution >= 4 is 5.69 Å². The average Bonchev–Trinajstić information content (AvgIpc) is 2.24. The Kier molecular flexibility index (Phi) is 3.90. The van der Waals surface area contributed by atoms with Crippen molar-refractivity contribution in [3.8, 4) is 6.07 Å². The molecule has 0 aliphatic heterocycles. The van der Waals surface area contributed by atoms with Crippen LogP contribution in [0.2, 0.25) is 0 Å². The molecule has 0 aromatic heterocycles. The molecule has 0 saturated heterocycles. The van der Waals surface area contributed by atoms with Crippen LogP contribution in [0.25, 0.3) is 0 Å². The first-order valence-electron chi connectivity index (χ1n) is 5.48. The van der Waals surface area contributed by atoms with E-state index >= 15 is 0 Å². The number of halogens is 1. The molecule has 0 atom stereocenters. The first-order chi connectivity index (χ1) is 7.90. The first-order valence-corrected chi connectivity index (χ1v) is 5.48. The van der Waals surface area contributed by atoms with Crippen LogP contribution in [0.1, 0.15) is 26.3 Å². The minimum Gasteiger partial charge on any atom is -0.363 e. The molecule has 17 heavy (non-hydrogen) atoms. The van der Waals surface area contributed by atoms with Gasteiger partial charge in [-0.15, -0.1) is 6.58 Å². The summed E-state index contributed by atoms with van der Waals surface area (Å²) in [6.45, 7) is 10.5. The maximum Gasteiger partial charge on any atom is 0.143 e. The number of hydrogen-bond acceptors (Lipinski definition) is 2. The zero-order chi connectivity index (χ0) is 13.1. The number of nitriles is 1. The Balaban J connectivity index is 3.17. The Morgan fingerprint density at radius 1 is 1.47 bits per heavy atom. The van der Waals surface area contributed by atoms with Gasteiger partial charge in [-0.25, -0.2) is 4.39 Å². The molecule has 0 unspecified atom stereocenters. The van der Waals surface area contributed by atoms with Crippen LogP contribution in [-0.2, 0) is 0 Å². The summed E-state index contributed by atoms with van der Waals surface area (Å²) < 4.78 is 13.6. The lowest BCUT2D eigenvalue weighted by Crippen LogP contribution is -2.41. The number of nitrogens with zero attached hydrogens (tertiary/aromatic N) is 2. The molecule has 0 spiro atoms. The summed E-state index contributed by atoms with van der Waals surface area (Å²) in [5, 5.41) is 8.69. The van der Waals surface area contributed by atoms with E-state index in [0.717, 1.165) is 5.69 Å². The Labute approximate surface area is 102 Å². The van der Waals surface area contributed by atoms with E-state index in [-0.39, 0.29) is 11.1 Å². The van der Waals surface area contributed by atoms with Crippen molar-refractivity contribution in [2.24, 2.45) is 0 Å². The van der Waals surface area contributed by atoms with Crippen molar-refractivity contribution in [3.05, 3.63) is 42.2 Å². The Morgan fingerprint density at radius 2 is 2.12 bits per heavy atom. The van der Waals surface area contributed by atoms with Crippen LogP contribution < -0.4 is 4.90 Å². The van der Waals surface area contributed by atoms with Crippen LogP contribution in [0.15, 0.2) is 30.9 Å². The molecule has 0 aliphatic rings. The predicted octanol–water partition coefficient (Wildman–Crippen LogP) is 3.49. The topological polar surface area (TPSA) is 27.0 Å². The molecule has 0 fully saturated rings. The van der Waals surface area contributed by atoms with Crippen molar-refractivity contribution in [1.29, 1.82) is 5.26 Å². The molecule has 0 heterocycles. The normalized spacial score (nSPS) is 10.8. The second-order valence-electron chi connectivity index (χ2n) is 4.85. The highest BCUT2D eigenvalue weighted by molar-refractivity contribution is 5.52. The van der Waals surface area contributed by atoms with Crippen molar-refractivity contribution in [3.63, 3.8) is 0 Å². The average molecular weight is 232 g/mol. The molecule has 1 aromatic carbocycles. The molecule has 0 bridgehead atoms. The summed E-state index contributed by atoms with van der Waals surface area (Å²) in [6.07, 6.45) is 1.78. The molecular weight excluding hydrogens is 215 g/mol. The van der Waals surface area contributed by atoms with Crippen LogP contribution >= 0.6 is 0 Å². The fourth-order valence-corrected chi connectivity index (χ4v) is 1.66. The molecule has 90 valence electrons. The monoisotopic (exact) mass is 232 g/mol. The highest BCUT2D eigenvalue weighted by Gasteiger charge is 2.21. The van der Waals surface area contributed by atoms with Gasteiger partial charge in [0, 0.05) is 17.8 Å². The van der Waals surface area contributed by atoms with Gasteiger partial charge < -0.3 is 4.90 Å². The van der Waals surface area contributed by atoms with Gasteiger partial charge in [-0.3, -0.25) is 0 Å². The van der Waals surface area contributed by atoms with Gasteiger partial charge in [0.05, 0.1) is 5.56 Å². The van der Waals surface area contributed by atoms with Crippen LogP contribution in [0, 0.1) is 17.1 Å². The van der Waals surface area contributed by atoms with Crippen LogP contribution in [-0.4, -0.2) is 12.1 Å². The van der Waals surface area contributed by atoms with Crippen LogP contribution in [0.3, 0.4) is 0 Å². The maximum absolute atomic E-state index is 13.6. The highest BCUT2D eigenvalue weighted by Crippen LogP contribution is 2.25. The minimum atomic E-state index is -0.483. The Morgan fingerprint density at radius 3 is 2.53 bits per heavy atom. The summed E-state index contributed by atoms with van der Waals surface area (Å²) in [7, 11) is 0. The van der Waals surface area contributed by atoms with E-state index in [9.17, 15) is 4.39 Å². The predicted molar refractivity (Wildman–Crippen MR) is 68.4 cm³/mol. The van der Waals surface area contributed by atoms with E-state index in [0.29, 0.717) is 6.54 Å². The van der Waals surface area contributed by atoms with Gasteiger partial charge in [-0.2, -0.15) is 5.26 Å². The van der Waals surface area contributed by atoms with Crippen molar-refractivity contribution < 1.29 is 4.39 Å². The van der Waals surface area contributed by atoms with Crippen molar-refractivity contribution in [2.45, 2.75) is 26.3 Å². The second-order valence-corrected chi connectivity index (χ2v) is 4.85. The molecule has 2 nitrogen and oxygen atoms in total. The lowest BCUT2D eigenvalue weighted by Gasteiger charge is -2.37. The Hall–Kier alpha value is -1.82.